The fraction of sp³-hybridized carbons (Fsp3) is 0.263. The number of benzene rings is 2. The van der Waals surface area contributed by atoms with Crippen LogP contribution in [-0.4, -0.2) is 28.1 Å². The zero-order valence-electron chi connectivity index (χ0n) is 13.5. The van der Waals surface area contributed by atoms with Crippen molar-refractivity contribution in [1.82, 2.24) is 15.0 Å². The Bertz CT molecular complexity index is 842. The molecule has 1 aliphatic heterocycles. The Morgan fingerprint density at radius 2 is 1.92 bits per heavy atom. The molecule has 1 aromatic heterocycles. The molecular formula is C19H17ClFN3O. The summed E-state index contributed by atoms with van der Waals surface area (Å²) in [6.07, 6.45) is 0.658. The van der Waals surface area contributed by atoms with Crippen molar-refractivity contribution in [1.29, 1.82) is 0 Å². The molecule has 0 unspecified atom stereocenters. The summed E-state index contributed by atoms with van der Waals surface area (Å²) >= 11 is 6.08. The first-order valence-corrected chi connectivity index (χ1v) is 8.58. The van der Waals surface area contributed by atoms with Gasteiger partial charge in [-0.3, -0.25) is 4.90 Å². The highest BCUT2D eigenvalue weighted by molar-refractivity contribution is 6.31. The summed E-state index contributed by atoms with van der Waals surface area (Å²) in [6, 6.07) is 14.8. The molecule has 0 amide bonds. The van der Waals surface area contributed by atoms with Crippen LogP contribution in [0.25, 0.3) is 0 Å². The van der Waals surface area contributed by atoms with Gasteiger partial charge in [0, 0.05) is 36.6 Å². The molecule has 128 valence electrons. The van der Waals surface area contributed by atoms with E-state index in [1.54, 1.807) is 12.1 Å². The Morgan fingerprint density at radius 3 is 2.68 bits per heavy atom. The number of likely N-dealkylation sites (tertiary alicyclic amines) is 1. The van der Waals surface area contributed by atoms with Crippen molar-refractivity contribution in [2.75, 3.05) is 13.1 Å². The summed E-state index contributed by atoms with van der Waals surface area (Å²) in [5.74, 6) is 1.28. The first-order valence-electron chi connectivity index (χ1n) is 8.20. The lowest BCUT2D eigenvalue weighted by molar-refractivity contribution is 0.116. The molecule has 1 fully saturated rings. The van der Waals surface area contributed by atoms with E-state index in [2.05, 4.69) is 15.0 Å². The molecule has 0 spiro atoms. The van der Waals surface area contributed by atoms with Crippen LogP contribution >= 0.6 is 11.6 Å². The maximum atomic E-state index is 13.8. The van der Waals surface area contributed by atoms with E-state index in [9.17, 15) is 4.39 Å². The monoisotopic (exact) mass is 357 g/mol. The number of hydrogen-bond donors (Lipinski definition) is 0. The molecule has 3 aromatic rings. The summed E-state index contributed by atoms with van der Waals surface area (Å²) in [7, 11) is 0. The number of aromatic nitrogens is 2. The van der Waals surface area contributed by atoms with Crippen molar-refractivity contribution in [3.8, 4) is 0 Å². The Balaban J connectivity index is 1.35. The van der Waals surface area contributed by atoms with Crippen LogP contribution in [0.2, 0.25) is 5.02 Å². The Morgan fingerprint density at radius 1 is 1.12 bits per heavy atom. The molecule has 2 heterocycles. The highest BCUT2D eigenvalue weighted by atomic mass is 35.5. The highest BCUT2D eigenvalue weighted by Gasteiger charge is 2.33. The molecule has 6 heteroatoms. The van der Waals surface area contributed by atoms with Gasteiger partial charge in [0.2, 0.25) is 5.89 Å². The summed E-state index contributed by atoms with van der Waals surface area (Å²) < 4.78 is 19.2. The fourth-order valence-electron chi connectivity index (χ4n) is 3.05. The minimum absolute atomic E-state index is 0.197. The zero-order chi connectivity index (χ0) is 17.2. The van der Waals surface area contributed by atoms with Crippen LogP contribution in [0.5, 0.6) is 0 Å². The average Bonchev–Trinajstić information content (AvgIpc) is 3.01. The molecule has 4 nitrogen and oxygen atoms in total. The normalized spacial score (nSPS) is 15.3. The minimum Gasteiger partial charge on any atom is -0.339 e. The summed E-state index contributed by atoms with van der Waals surface area (Å²) in [6.45, 7) is 2.02. The number of rotatable bonds is 5. The molecule has 1 aliphatic rings. The molecule has 0 N–H and O–H groups in total. The average molecular weight is 358 g/mol. The molecule has 0 radical (unpaired) electrons. The van der Waals surface area contributed by atoms with Crippen molar-refractivity contribution in [2.24, 2.45) is 0 Å². The van der Waals surface area contributed by atoms with Crippen LogP contribution in [0.1, 0.15) is 28.8 Å². The van der Waals surface area contributed by atoms with Gasteiger partial charge in [-0.15, -0.1) is 0 Å². The number of nitrogens with zero attached hydrogens (tertiary/aromatic N) is 3. The van der Waals surface area contributed by atoms with E-state index in [1.165, 1.54) is 6.07 Å². The Hall–Kier alpha value is -2.24. The quantitative estimate of drug-likeness (QED) is 0.690. The molecule has 1 saturated heterocycles. The van der Waals surface area contributed by atoms with Gasteiger partial charge in [0.05, 0.1) is 5.92 Å². The highest BCUT2D eigenvalue weighted by Crippen LogP contribution is 2.29. The molecular weight excluding hydrogens is 341 g/mol. The van der Waals surface area contributed by atoms with E-state index in [0.29, 0.717) is 35.3 Å². The van der Waals surface area contributed by atoms with Gasteiger partial charge in [-0.1, -0.05) is 53.2 Å². The summed E-state index contributed by atoms with van der Waals surface area (Å²) in [5, 5.41) is 4.53. The van der Waals surface area contributed by atoms with Crippen LogP contribution in [0.4, 0.5) is 4.39 Å². The maximum Gasteiger partial charge on any atom is 0.232 e. The molecule has 4 rings (SSSR count). The Labute approximate surface area is 150 Å². The molecule has 25 heavy (non-hydrogen) atoms. The number of hydrogen-bond acceptors (Lipinski definition) is 4. The zero-order valence-corrected chi connectivity index (χ0v) is 14.3. The van der Waals surface area contributed by atoms with Crippen LogP contribution < -0.4 is 0 Å². The third-order valence-electron chi connectivity index (χ3n) is 4.44. The van der Waals surface area contributed by atoms with Gasteiger partial charge in [0.15, 0.2) is 5.82 Å². The SMILES string of the molecule is Fc1cccc(Cl)c1CN1CC(c2nc(Cc3ccccc3)no2)C1. The van der Waals surface area contributed by atoms with E-state index < -0.39 is 0 Å². The second kappa shape index (κ2) is 6.94. The molecule has 0 saturated carbocycles. The van der Waals surface area contributed by atoms with Crippen molar-refractivity contribution in [3.05, 3.63) is 82.2 Å². The van der Waals surface area contributed by atoms with Crippen LogP contribution in [0.15, 0.2) is 53.1 Å². The van der Waals surface area contributed by atoms with E-state index in [-0.39, 0.29) is 11.7 Å². The lowest BCUT2D eigenvalue weighted by Crippen LogP contribution is -2.44. The van der Waals surface area contributed by atoms with Gasteiger partial charge < -0.3 is 4.52 Å². The standard InChI is InChI=1S/C19H17ClFN3O/c20-16-7-4-8-17(21)15(16)12-24-10-14(11-24)19-22-18(23-25-19)9-13-5-2-1-3-6-13/h1-8,14H,9-12H2. The predicted molar refractivity (Wildman–Crippen MR) is 93.0 cm³/mol. The van der Waals surface area contributed by atoms with Crippen LogP contribution in [0, 0.1) is 5.82 Å². The van der Waals surface area contributed by atoms with E-state index >= 15 is 0 Å². The lowest BCUT2D eigenvalue weighted by Gasteiger charge is -2.37. The first-order chi connectivity index (χ1) is 12.2. The Kier molecular flexibility index (Phi) is 4.51. The van der Waals surface area contributed by atoms with Crippen molar-refractivity contribution < 1.29 is 8.91 Å². The van der Waals surface area contributed by atoms with Gasteiger partial charge in [-0.05, 0) is 17.7 Å². The topological polar surface area (TPSA) is 42.2 Å². The van der Waals surface area contributed by atoms with Gasteiger partial charge in [-0.2, -0.15) is 4.98 Å². The third kappa shape index (κ3) is 3.57. The first kappa shape index (κ1) is 16.2. The lowest BCUT2D eigenvalue weighted by atomic mass is 9.99. The summed E-state index contributed by atoms with van der Waals surface area (Å²) in [5.41, 5.74) is 1.69. The third-order valence-corrected chi connectivity index (χ3v) is 4.79. The smallest absolute Gasteiger partial charge is 0.232 e. The van der Waals surface area contributed by atoms with Crippen LogP contribution in [0.3, 0.4) is 0 Å². The van der Waals surface area contributed by atoms with E-state index in [1.807, 2.05) is 30.3 Å². The fourth-order valence-corrected chi connectivity index (χ4v) is 3.27. The predicted octanol–water partition coefficient (Wildman–Crippen LogP) is 4.05. The molecule has 0 aliphatic carbocycles. The van der Waals surface area contributed by atoms with Gasteiger partial charge in [0.1, 0.15) is 5.82 Å². The van der Waals surface area contributed by atoms with Gasteiger partial charge in [0.25, 0.3) is 0 Å². The van der Waals surface area contributed by atoms with E-state index in [4.69, 9.17) is 16.1 Å². The second-order valence-corrected chi connectivity index (χ2v) is 6.71. The largest absolute Gasteiger partial charge is 0.339 e. The molecule has 0 atom stereocenters. The van der Waals surface area contributed by atoms with Crippen molar-refractivity contribution >= 4 is 11.6 Å². The van der Waals surface area contributed by atoms with Gasteiger partial charge >= 0.3 is 0 Å². The molecule has 0 bridgehead atoms. The summed E-state index contributed by atoms with van der Waals surface area (Å²) in [4.78, 5) is 6.62. The molecule has 2 aromatic carbocycles. The van der Waals surface area contributed by atoms with Gasteiger partial charge in [-0.25, -0.2) is 4.39 Å². The van der Waals surface area contributed by atoms with Crippen molar-refractivity contribution in [2.45, 2.75) is 18.9 Å². The number of halogens is 2. The van der Waals surface area contributed by atoms with Crippen LogP contribution in [-0.2, 0) is 13.0 Å². The maximum absolute atomic E-state index is 13.8. The van der Waals surface area contributed by atoms with E-state index in [0.717, 1.165) is 18.7 Å². The second-order valence-electron chi connectivity index (χ2n) is 6.30. The van der Waals surface area contributed by atoms with Crippen molar-refractivity contribution in [3.63, 3.8) is 0 Å². The minimum atomic E-state index is -0.265.